The van der Waals surface area contributed by atoms with Crippen LogP contribution in [0.25, 0.3) is 11.0 Å². The van der Waals surface area contributed by atoms with Gasteiger partial charge >= 0.3 is 5.97 Å². The van der Waals surface area contributed by atoms with Gasteiger partial charge in [0.25, 0.3) is 0 Å². The minimum Gasteiger partial charge on any atom is -0.486 e. The third kappa shape index (κ3) is 3.60. The van der Waals surface area contributed by atoms with Gasteiger partial charge in [0.05, 0.1) is 16.6 Å². The van der Waals surface area contributed by atoms with Crippen LogP contribution in [-0.2, 0) is 13.2 Å². The zero-order valence-electron chi connectivity index (χ0n) is 15.5. The number of hydrogen-bond acceptors (Lipinski definition) is 3. The van der Waals surface area contributed by atoms with Crippen molar-refractivity contribution in [1.29, 1.82) is 0 Å². The van der Waals surface area contributed by atoms with Gasteiger partial charge in [-0.3, -0.25) is 0 Å². The monoisotopic (exact) mass is 372 g/mol. The zero-order valence-corrected chi connectivity index (χ0v) is 15.5. The summed E-state index contributed by atoms with van der Waals surface area (Å²) in [6.45, 7) is 3.12. The van der Waals surface area contributed by atoms with Gasteiger partial charge in [-0.05, 0) is 54.4 Å². The predicted octanol–water partition coefficient (Wildman–Crippen LogP) is 4.67. The minimum atomic E-state index is -0.952. The second kappa shape index (κ2) is 7.56. The van der Waals surface area contributed by atoms with Crippen molar-refractivity contribution in [2.24, 2.45) is 0 Å². The van der Waals surface area contributed by atoms with Crippen LogP contribution in [0.2, 0.25) is 0 Å². The number of carboxylic acid groups (broad SMARTS) is 1. The number of carbonyl (C=O) groups is 1. The van der Waals surface area contributed by atoms with Crippen molar-refractivity contribution in [3.63, 3.8) is 0 Å². The third-order valence-corrected chi connectivity index (χ3v) is 4.79. The van der Waals surface area contributed by atoms with Gasteiger partial charge in [0.15, 0.2) is 0 Å². The fourth-order valence-electron chi connectivity index (χ4n) is 3.21. The molecule has 5 heteroatoms. The summed E-state index contributed by atoms with van der Waals surface area (Å²) >= 11 is 0. The molecule has 4 rings (SSSR count). The lowest BCUT2D eigenvalue weighted by molar-refractivity contribution is 0.0697. The molecule has 5 nitrogen and oxygen atoms in total. The van der Waals surface area contributed by atoms with E-state index in [9.17, 15) is 4.79 Å². The summed E-state index contributed by atoms with van der Waals surface area (Å²) in [6.07, 6.45) is 0. The fourth-order valence-corrected chi connectivity index (χ4v) is 3.21. The third-order valence-electron chi connectivity index (χ3n) is 4.79. The standard InChI is InChI=1S/C23H20N2O3/c1-16-6-2-3-7-18(16)14-25-21-9-5-4-8-20(21)24-22(25)15-28-19-12-10-17(11-13-19)23(26)27/h2-13H,14-15H2,1H3,(H,26,27). The Morgan fingerprint density at radius 3 is 2.46 bits per heavy atom. The molecular formula is C23H20N2O3. The topological polar surface area (TPSA) is 64.3 Å². The molecule has 0 aliphatic carbocycles. The quantitative estimate of drug-likeness (QED) is 0.534. The van der Waals surface area contributed by atoms with E-state index in [1.54, 1.807) is 12.1 Å². The molecule has 1 N–H and O–H groups in total. The lowest BCUT2D eigenvalue weighted by Gasteiger charge is -2.12. The maximum absolute atomic E-state index is 11.0. The molecule has 1 heterocycles. The van der Waals surface area contributed by atoms with Crippen molar-refractivity contribution in [3.05, 3.63) is 95.3 Å². The number of nitrogens with zero attached hydrogens (tertiary/aromatic N) is 2. The largest absolute Gasteiger partial charge is 0.486 e. The normalized spacial score (nSPS) is 10.9. The Labute approximate surface area is 162 Å². The van der Waals surface area contributed by atoms with Crippen molar-refractivity contribution < 1.29 is 14.6 Å². The van der Waals surface area contributed by atoms with E-state index in [0.717, 1.165) is 16.9 Å². The highest BCUT2D eigenvalue weighted by molar-refractivity contribution is 5.87. The number of hydrogen-bond donors (Lipinski definition) is 1. The van der Waals surface area contributed by atoms with Crippen LogP contribution in [0.1, 0.15) is 27.3 Å². The summed E-state index contributed by atoms with van der Waals surface area (Å²) in [5.41, 5.74) is 4.69. The molecule has 0 unspecified atom stereocenters. The van der Waals surface area contributed by atoms with Crippen LogP contribution < -0.4 is 4.74 Å². The van der Waals surface area contributed by atoms with Crippen molar-refractivity contribution in [2.75, 3.05) is 0 Å². The Balaban J connectivity index is 1.63. The number of aryl methyl sites for hydroxylation is 1. The number of aromatic nitrogens is 2. The number of imidazole rings is 1. The molecule has 0 radical (unpaired) electrons. The Morgan fingerprint density at radius 1 is 1.00 bits per heavy atom. The molecule has 0 amide bonds. The molecule has 0 aliphatic heterocycles. The Bertz CT molecular complexity index is 1130. The lowest BCUT2D eigenvalue weighted by atomic mass is 10.1. The maximum Gasteiger partial charge on any atom is 0.335 e. The van der Waals surface area contributed by atoms with Gasteiger partial charge in [-0.2, -0.15) is 0 Å². The van der Waals surface area contributed by atoms with Gasteiger partial charge in [-0.15, -0.1) is 0 Å². The van der Waals surface area contributed by atoms with Crippen LogP contribution in [0, 0.1) is 6.92 Å². The van der Waals surface area contributed by atoms with Crippen LogP contribution in [-0.4, -0.2) is 20.6 Å². The first kappa shape index (κ1) is 17.8. The number of carboxylic acids is 1. The second-order valence-electron chi connectivity index (χ2n) is 6.65. The summed E-state index contributed by atoms with van der Waals surface area (Å²) in [4.78, 5) is 15.7. The van der Waals surface area contributed by atoms with E-state index in [1.165, 1.54) is 23.3 Å². The van der Waals surface area contributed by atoms with Gasteiger partial charge in [0.1, 0.15) is 18.2 Å². The van der Waals surface area contributed by atoms with Gasteiger partial charge in [-0.1, -0.05) is 36.4 Å². The highest BCUT2D eigenvalue weighted by Crippen LogP contribution is 2.21. The SMILES string of the molecule is Cc1ccccc1Cn1c(COc2ccc(C(=O)O)cc2)nc2ccccc21. The van der Waals surface area contributed by atoms with Gasteiger partial charge < -0.3 is 14.4 Å². The predicted molar refractivity (Wildman–Crippen MR) is 108 cm³/mol. The second-order valence-corrected chi connectivity index (χ2v) is 6.65. The van der Waals surface area contributed by atoms with E-state index >= 15 is 0 Å². The van der Waals surface area contributed by atoms with Crippen LogP contribution in [0.3, 0.4) is 0 Å². The van der Waals surface area contributed by atoms with Crippen molar-refractivity contribution in [2.45, 2.75) is 20.1 Å². The number of fused-ring (bicyclic) bond motifs is 1. The van der Waals surface area contributed by atoms with E-state index in [-0.39, 0.29) is 5.56 Å². The number of aromatic carboxylic acids is 1. The van der Waals surface area contributed by atoms with E-state index < -0.39 is 5.97 Å². The summed E-state index contributed by atoms with van der Waals surface area (Å²) in [6, 6.07) is 22.7. The van der Waals surface area contributed by atoms with E-state index in [0.29, 0.717) is 18.9 Å². The molecule has 0 saturated carbocycles. The fraction of sp³-hybridized carbons (Fsp3) is 0.130. The molecule has 3 aromatic carbocycles. The van der Waals surface area contributed by atoms with Gasteiger partial charge in [0.2, 0.25) is 0 Å². The van der Waals surface area contributed by atoms with Crippen LogP contribution >= 0.6 is 0 Å². The van der Waals surface area contributed by atoms with Crippen LogP contribution in [0.4, 0.5) is 0 Å². The lowest BCUT2D eigenvalue weighted by Crippen LogP contribution is -2.09. The Hall–Kier alpha value is -3.60. The molecule has 0 saturated heterocycles. The minimum absolute atomic E-state index is 0.235. The van der Waals surface area contributed by atoms with E-state index in [2.05, 4.69) is 29.7 Å². The maximum atomic E-state index is 11.0. The average molecular weight is 372 g/mol. The van der Waals surface area contributed by atoms with Crippen molar-refractivity contribution >= 4 is 17.0 Å². The number of ether oxygens (including phenoxy) is 1. The molecule has 0 fully saturated rings. The number of rotatable bonds is 6. The molecule has 1 aromatic heterocycles. The van der Waals surface area contributed by atoms with Gasteiger partial charge in [0, 0.05) is 6.54 Å². The number of para-hydroxylation sites is 2. The zero-order chi connectivity index (χ0) is 19.5. The van der Waals surface area contributed by atoms with E-state index in [4.69, 9.17) is 14.8 Å². The van der Waals surface area contributed by atoms with Crippen LogP contribution in [0.15, 0.2) is 72.8 Å². The van der Waals surface area contributed by atoms with Crippen LogP contribution in [0.5, 0.6) is 5.75 Å². The first-order valence-corrected chi connectivity index (χ1v) is 9.06. The average Bonchev–Trinajstić information content (AvgIpc) is 3.06. The highest BCUT2D eigenvalue weighted by atomic mass is 16.5. The number of benzene rings is 3. The highest BCUT2D eigenvalue weighted by Gasteiger charge is 2.13. The van der Waals surface area contributed by atoms with Crippen molar-refractivity contribution in [3.8, 4) is 5.75 Å². The van der Waals surface area contributed by atoms with Gasteiger partial charge in [-0.25, -0.2) is 9.78 Å². The molecule has 0 spiro atoms. The summed E-state index contributed by atoms with van der Waals surface area (Å²) in [7, 11) is 0. The van der Waals surface area contributed by atoms with Crippen molar-refractivity contribution in [1.82, 2.24) is 9.55 Å². The molecule has 4 aromatic rings. The first-order chi connectivity index (χ1) is 13.6. The molecule has 28 heavy (non-hydrogen) atoms. The Morgan fingerprint density at radius 2 is 1.71 bits per heavy atom. The molecule has 0 atom stereocenters. The first-order valence-electron chi connectivity index (χ1n) is 9.06. The molecular weight excluding hydrogens is 352 g/mol. The smallest absolute Gasteiger partial charge is 0.335 e. The van der Waals surface area contributed by atoms with E-state index in [1.807, 2.05) is 30.3 Å². The molecule has 0 bridgehead atoms. The molecule has 140 valence electrons. The molecule has 0 aliphatic rings. The summed E-state index contributed by atoms with van der Waals surface area (Å²) in [5, 5.41) is 9.01. The Kier molecular flexibility index (Phi) is 4.81. The summed E-state index contributed by atoms with van der Waals surface area (Å²) in [5.74, 6) is 0.484. The summed E-state index contributed by atoms with van der Waals surface area (Å²) < 4.78 is 8.06.